The molecule has 0 N–H and O–H groups in total. The third-order valence-electron chi connectivity index (χ3n) is 5.97. The summed E-state index contributed by atoms with van der Waals surface area (Å²) in [5.41, 5.74) is 0.0216. The third kappa shape index (κ3) is 8.67. The molecule has 0 saturated heterocycles. The highest BCUT2D eigenvalue weighted by Gasteiger charge is 2.29. The van der Waals surface area contributed by atoms with Crippen LogP contribution in [0.1, 0.15) is 90.2 Å². The maximum absolute atomic E-state index is 13.0. The molecular weight excluding hydrogens is 492 g/mol. The summed E-state index contributed by atoms with van der Waals surface area (Å²) in [4.78, 5) is 37.8. The van der Waals surface area contributed by atoms with Crippen LogP contribution in [0.15, 0.2) is 55.1 Å². The van der Waals surface area contributed by atoms with Crippen molar-refractivity contribution in [1.82, 2.24) is 0 Å². The van der Waals surface area contributed by atoms with Gasteiger partial charge in [-0.05, 0) is 90.4 Å². The van der Waals surface area contributed by atoms with Crippen molar-refractivity contribution in [3.8, 4) is 17.2 Å². The van der Waals surface area contributed by atoms with E-state index in [2.05, 4.69) is 6.58 Å². The fourth-order valence-corrected chi connectivity index (χ4v) is 3.21. The summed E-state index contributed by atoms with van der Waals surface area (Å²) in [7, 11) is 0. The molecule has 0 radical (unpaired) electrons. The Balaban J connectivity index is 2.45. The molecule has 0 spiro atoms. The summed E-state index contributed by atoms with van der Waals surface area (Å²) in [5.74, 6) is 0.344. The average Bonchev–Trinajstić information content (AvgIpc) is 2.85. The topological polar surface area (TPSA) is 78.9 Å². The quantitative estimate of drug-likeness (QED) is 0.102. The van der Waals surface area contributed by atoms with Crippen LogP contribution in [0.5, 0.6) is 17.2 Å². The molecule has 6 nitrogen and oxygen atoms in total. The molecule has 0 amide bonds. The molecule has 6 heteroatoms. The van der Waals surface area contributed by atoms with Crippen LogP contribution in [0.2, 0.25) is 0 Å². The number of hydrogen-bond donors (Lipinski definition) is 0. The van der Waals surface area contributed by atoms with Gasteiger partial charge in [0, 0.05) is 28.2 Å². The zero-order valence-electron chi connectivity index (χ0n) is 24.8. The number of carbonyl (C=O) groups excluding carboxylic acids is 3. The molecule has 0 aliphatic rings. The molecule has 2 aromatic carbocycles. The van der Waals surface area contributed by atoms with Crippen molar-refractivity contribution in [2.75, 3.05) is 6.61 Å². The first kappa shape index (κ1) is 31.5. The number of carbonyl (C=O) groups is 3. The van der Waals surface area contributed by atoms with Crippen LogP contribution in [0.4, 0.5) is 0 Å². The van der Waals surface area contributed by atoms with E-state index in [0.717, 1.165) is 12.0 Å². The van der Waals surface area contributed by atoms with Gasteiger partial charge in [0.15, 0.2) is 5.78 Å². The van der Waals surface area contributed by atoms with Crippen LogP contribution in [0, 0.1) is 10.8 Å². The smallest absolute Gasteiger partial charge is 0.316 e. The van der Waals surface area contributed by atoms with Crippen LogP contribution < -0.4 is 14.2 Å². The van der Waals surface area contributed by atoms with Gasteiger partial charge >= 0.3 is 11.9 Å². The highest BCUT2D eigenvalue weighted by atomic mass is 16.5. The van der Waals surface area contributed by atoms with Gasteiger partial charge in [-0.3, -0.25) is 14.4 Å². The summed E-state index contributed by atoms with van der Waals surface area (Å²) in [6, 6.07) is 10.0. The first-order valence-corrected chi connectivity index (χ1v) is 13.2. The minimum Gasteiger partial charge on any atom is -0.493 e. The summed E-state index contributed by atoms with van der Waals surface area (Å²) in [6.45, 7) is 21.1. The number of hydrogen-bond acceptors (Lipinski definition) is 6. The summed E-state index contributed by atoms with van der Waals surface area (Å²) in [5, 5.41) is 0. The van der Waals surface area contributed by atoms with Gasteiger partial charge in [0.2, 0.25) is 0 Å². The van der Waals surface area contributed by atoms with E-state index < -0.39 is 16.2 Å². The first-order chi connectivity index (χ1) is 18.0. The Morgan fingerprint density at radius 2 is 1.38 bits per heavy atom. The van der Waals surface area contributed by atoms with Gasteiger partial charge in [-0.25, -0.2) is 0 Å². The molecule has 0 heterocycles. The van der Waals surface area contributed by atoms with E-state index in [1.54, 1.807) is 84.0 Å². The fraction of sp³-hybridized carbons (Fsp3) is 0.424. The van der Waals surface area contributed by atoms with Gasteiger partial charge < -0.3 is 14.2 Å². The van der Waals surface area contributed by atoms with Crippen molar-refractivity contribution in [3.63, 3.8) is 0 Å². The van der Waals surface area contributed by atoms with Crippen LogP contribution in [-0.2, 0) is 15.0 Å². The van der Waals surface area contributed by atoms with Crippen molar-refractivity contribution in [3.05, 3.63) is 71.8 Å². The first-order valence-electron chi connectivity index (χ1n) is 13.2. The second-order valence-electron chi connectivity index (χ2n) is 12.2. The summed E-state index contributed by atoms with van der Waals surface area (Å²) in [6.07, 6.45) is 5.73. The van der Waals surface area contributed by atoms with Crippen LogP contribution in [-0.4, -0.2) is 24.3 Å². The molecule has 0 saturated carbocycles. The largest absolute Gasteiger partial charge is 0.493 e. The predicted molar refractivity (Wildman–Crippen MR) is 155 cm³/mol. The molecule has 2 rings (SSSR count). The van der Waals surface area contributed by atoms with E-state index >= 15 is 0 Å². The van der Waals surface area contributed by atoms with E-state index in [1.165, 1.54) is 6.08 Å². The molecule has 0 fully saturated rings. The minimum atomic E-state index is -0.689. The highest BCUT2D eigenvalue weighted by molar-refractivity contribution is 6.07. The SMILES string of the molecule is C=CC(C)(C)c1cc(/C=C/C(=O)c2ccc(OC(=O)C(C)(C)C)cc2)c(OCCC)cc1OC(=O)C(C)(C)C. The molecule has 210 valence electrons. The lowest BCUT2D eigenvalue weighted by molar-refractivity contribution is -0.143. The maximum atomic E-state index is 13.0. The van der Waals surface area contributed by atoms with E-state index in [-0.39, 0.29) is 17.7 Å². The van der Waals surface area contributed by atoms with E-state index in [0.29, 0.717) is 35.0 Å². The number of allylic oxidation sites excluding steroid dienone is 2. The Bertz CT molecular complexity index is 1230. The summed E-state index contributed by atoms with van der Waals surface area (Å²) >= 11 is 0. The van der Waals surface area contributed by atoms with E-state index in [1.807, 2.05) is 26.8 Å². The van der Waals surface area contributed by atoms with Crippen LogP contribution in [0.3, 0.4) is 0 Å². The number of esters is 2. The van der Waals surface area contributed by atoms with Gasteiger partial charge in [-0.15, -0.1) is 6.58 Å². The van der Waals surface area contributed by atoms with Crippen molar-refractivity contribution in [2.24, 2.45) is 10.8 Å². The molecule has 0 atom stereocenters. The molecule has 0 unspecified atom stereocenters. The van der Waals surface area contributed by atoms with Crippen molar-refractivity contribution >= 4 is 23.8 Å². The minimum absolute atomic E-state index is 0.224. The van der Waals surface area contributed by atoms with Crippen molar-refractivity contribution < 1.29 is 28.6 Å². The Labute approximate surface area is 233 Å². The van der Waals surface area contributed by atoms with Gasteiger partial charge in [0.05, 0.1) is 17.4 Å². The third-order valence-corrected chi connectivity index (χ3v) is 5.97. The highest BCUT2D eigenvalue weighted by Crippen LogP contribution is 2.39. The van der Waals surface area contributed by atoms with Crippen molar-refractivity contribution in [1.29, 1.82) is 0 Å². The maximum Gasteiger partial charge on any atom is 0.316 e. The lowest BCUT2D eigenvalue weighted by Crippen LogP contribution is -2.27. The molecule has 0 bridgehead atoms. The lowest BCUT2D eigenvalue weighted by Gasteiger charge is -2.26. The van der Waals surface area contributed by atoms with Crippen molar-refractivity contribution in [2.45, 2.75) is 74.1 Å². The normalized spacial score (nSPS) is 12.2. The molecular formula is C33H42O6. The summed E-state index contributed by atoms with van der Waals surface area (Å²) < 4.78 is 17.2. The van der Waals surface area contributed by atoms with Gasteiger partial charge in [-0.1, -0.05) is 26.8 Å². The van der Waals surface area contributed by atoms with Gasteiger partial charge in [0.1, 0.15) is 17.2 Å². The zero-order valence-corrected chi connectivity index (χ0v) is 24.8. The Hall–Kier alpha value is -3.67. The van der Waals surface area contributed by atoms with E-state index in [9.17, 15) is 14.4 Å². The standard InChI is InChI=1S/C33H42O6/c1-11-19-37-27-21-28(39-30(36)32(6,7)8)25(33(9,10)12-2)20-23(27)15-18-26(34)22-13-16-24(17-14-22)38-29(35)31(3,4)5/h12-18,20-21H,2,11,19H2,1,3-10H3/b18-15+. The van der Waals surface area contributed by atoms with Crippen LogP contribution in [0.25, 0.3) is 6.08 Å². The number of benzene rings is 2. The fourth-order valence-electron chi connectivity index (χ4n) is 3.21. The van der Waals surface area contributed by atoms with Gasteiger partial charge in [0.25, 0.3) is 0 Å². The second-order valence-corrected chi connectivity index (χ2v) is 12.2. The number of rotatable bonds is 10. The Morgan fingerprint density at radius 1 is 0.821 bits per heavy atom. The Morgan fingerprint density at radius 3 is 1.90 bits per heavy atom. The molecule has 0 aliphatic heterocycles. The molecule has 0 aliphatic carbocycles. The van der Waals surface area contributed by atoms with E-state index in [4.69, 9.17) is 14.2 Å². The zero-order chi connectivity index (χ0) is 29.6. The average molecular weight is 535 g/mol. The monoisotopic (exact) mass is 534 g/mol. The number of ether oxygens (including phenoxy) is 3. The molecule has 39 heavy (non-hydrogen) atoms. The molecule has 2 aromatic rings. The van der Waals surface area contributed by atoms with Crippen LogP contribution >= 0.6 is 0 Å². The molecule has 0 aromatic heterocycles. The van der Waals surface area contributed by atoms with Gasteiger partial charge in [-0.2, -0.15) is 0 Å². The second kappa shape index (κ2) is 12.5. The number of ketones is 1. The predicted octanol–water partition coefficient (Wildman–Crippen LogP) is 7.74. The lowest BCUT2D eigenvalue weighted by atomic mass is 9.83. The Kier molecular flexibility index (Phi) is 10.1.